The molecule has 0 saturated heterocycles. The number of thioether (sulfide) groups is 1. The van der Waals surface area contributed by atoms with Crippen LogP contribution < -0.4 is 0 Å². The molecule has 7 heteroatoms. The lowest BCUT2D eigenvalue weighted by atomic mass is 9.98. The van der Waals surface area contributed by atoms with Gasteiger partial charge in [-0.2, -0.15) is 0 Å². The van der Waals surface area contributed by atoms with Crippen LogP contribution in [0.15, 0.2) is 40.2 Å². The van der Waals surface area contributed by atoms with Gasteiger partial charge in [-0.3, -0.25) is 4.99 Å². The van der Waals surface area contributed by atoms with Crippen molar-refractivity contribution in [3.63, 3.8) is 0 Å². The number of halogens is 2. The standard InChI is InChI=1S/C18H18Cl2N2O2S/c1-22-16(12-2-3-14(19)15(20)8-12)10-25-17(22)7-11-4-5-21-9-13(6-11)18(23)24/h2-3,6,8-11,17H,4-5,7H2,1H3,(H,23,24). The molecule has 1 aromatic carbocycles. The molecule has 3 rings (SSSR count). The maximum atomic E-state index is 11.2. The largest absolute Gasteiger partial charge is 0.478 e. The second-order valence-corrected chi connectivity index (χ2v) is 7.95. The lowest BCUT2D eigenvalue weighted by molar-refractivity contribution is -0.132. The van der Waals surface area contributed by atoms with Crippen LogP contribution in [0.2, 0.25) is 10.0 Å². The van der Waals surface area contributed by atoms with E-state index in [1.54, 1.807) is 17.8 Å². The zero-order chi connectivity index (χ0) is 18.0. The Morgan fingerprint density at radius 1 is 1.40 bits per heavy atom. The van der Waals surface area contributed by atoms with Crippen LogP contribution in [0.1, 0.15) is 18.4 Å². The molecule has 1 N–H and O–H groups in total. The summed E-state index contributed by atoms with van der Waals surface area (Å²) in [5.41, 5.74) is 2.41. The summed E-state index contributed by atoms with van der Waals surface area (Å²) in [7, 11) is 2.05. The Kier molecular flexibility index (Phi) is 5.77. The van der Waals surface area contributed by atoms with E-state index in [2.05, 4.69) is 15.3 Å². The lowest BCUT2D eigenvalue weighted by Crippen LogP contribution is -2.25. The number of benzene rings is 1. The Bertz CT molecular complexity index is 776. The van der Waals surface area contributed by atoms with Gasteiger partial charge in [-0.25, -0.2) is 4.79 Å². The van der Waals surface area contributed by atoms with Crippen molar-refractivity contribution in [1.82, 2.24) is 4.90 Å². The van der Waals surface area contributed by atoms with Gasteiger partial charge in [-0.15, -0.1) is 11.8 Å². The first-order valence-corrected chi connectivity index (χ1v) is 9.64. The van der Waals surface area contributed by atoms with Crippen molar-refractivity contribution in [3.8, 4) is 0 Å². The number of hydrogen-bond acceptors (Lipinski definition) is 4. The van der Waals surface area contributed by atoms with E-state index in [1.807, 2.05) is 25.3 Å². The summed E-state index contributed by atoms with van der Waals surface area (Å²) in [4.78, 5) is 17.6. The number of aliphatic imine (C=N–C) groups is 1. The van der Waals surface area contributed by atoms with E-state index in [1.165, 1.54) is 6.21 Å². The molecule has 0 radical (unpaired) electrons. The number of carboxylic acid groups (broad SMARTS) is 1. The molecule has 2 heterocycles. The summed E-state index contributed by atoms with van der Waals surface area (Å²) >= 11 is 13.9. The van der Waals surface area contributed by atoms with E-state index in [0.29, 0.717) is 16.6 Å². The molecule has 0 bridgehead atoms. The lowest BCUT2D eigenvalue weighted by Gasteiger charge is -2.27. The van der Waals surface area contributed by atoms with Crippen molar-refractivity contribution >= 4 is 52.8 Å². The molecule has 0 fully saturated rings. The third kappa shape index (κ3) is 4.22. The molecular weight excluding hydrogens is 379 g/mol. The van der Waals surface area contributed by atoms with Crippen LogP contribution in [-0.4, -0.2) is 41.2 Å². The number of hydrogen-bond donors (Lipinski definition) is 1. The monoisotopic (exact) mass is 396 g/mol. The quantitative estimate of drug-likeness (QED) is 0.794. The first-order chi connectivity index (χ1) is 12.0. The molecule has 0 amide bonds. The number of nitrogens with zero attached hydrogens (tertiary/aromatic N) is 2. The molecule has 0 aliphatic carbocycles. The predicted molar refractivity (Wildman–Crippen MR) is 105 cm³/mol. The van der Waals surface area contributed by atoms with Gasteiger partial charge in [-0.1, -0.05) is 35.3 Å². The SMILES string of the molecule is CN1C(c2ccc(Cl)c(Cl)c2)=CSC1CC1C=C(C(=O)O)C=NCC1. The molecule has 2 atom stereocenters. The molecule has 2 unspecified atom stereocenters. The maximum absolute atomic E-state index is 11.2. The fourth-order valence-electron chi connectivity index (χ4n) is 2.97. The second kappa shape index (κ2) is 7.85. The Balaban J connectivity index is 1.71. The molecule has 132 valence electrons. The summed E-state index contributed by atoms with van der Waals surface area (Å²) in [5, 5.41) is 12.7. The normalized spacial score (nSPS) is 23.2. The summed E-state index contributed by atoms with van der Waals surface area (Å²) in [6, 6.07) is 5.63. The molecule has 2 aliphatic heterocycles. The smallest absolute Gasteiger partial charge is 0.336 e. The van der Waals surface area contributed by atoms with Crippen LogP contribution in [0.4, 0.5) is 0 Å². The van der Waals surface area contributed by atoms with E-state index in [9.17, 15) is 9.90 Å². The highest BCUT2D eigenvalue weighted by molar-refractivity contribution is 8.03. The maximum Gasteiger partial charge on any atom is 0.336 e. The molecular formula is C18H18Cl2N2O2S. The molecule has 25 heavy (non-hydrogen) atoms. The first-order valence-electron chi connectivity index (χ1n) is 7.94. The summed E-state index contributed by atoms with van der Waals surface area (Å²) < 4.78 is 0. The van der Waals surface area contributed by atoms with Crippen molar-refractivity contribution in [3.05, 3.63) is 50.9 Å². The topological polar surface area (TPSA) is 52.9 Å². The Morgan fingerprint density at radius 3 is 2.92 bits per heavy atom. The molecule has 4 nitrogen and oxygen atoms in total. The van der Waals surface area contributed by atoms with Gasteiger partial charge in [0.1, 0.15) is 0 Å². The third-order valence-corrected chi connectivity index (χ3v) is 6.31. The van der Waals surface area contributed by atoms with Crippen LogP contribution in [0.3, 0.4) is 0 Å². The van der Waals surface area contributed by atoms with Crippen LogP contribution in [-0.2, 0) is 4.79 Å². The highest BCUT2D eigenvalue weighted by Crippen LogP contribution is 2.40. The van der Waals surface area contributed by atoms with Crippen LogP contribution in [0.25, 0.3) is 5.70 Å². The van der Waals surface area contributed by atoms with Gasteiger partial charge < -0.3 is 10.0 Å². The van der Waals surface area contributed by atoms with Crippen LogP contribution >= 0.6 is 35.0 Å². The molecule has 2 aliphatic rings. The van der Waals surface area contributed by atoms with Crippen LogP contribution in [0.5, 0.6) is 0 Å². The van der Waals surface area contributed by atoms with Gasteiger partial charge in [0, 0.05) is 19.8 Å². The van der Waals surface area contributed by atoms with Gasteiger partial charge in [0.25, 0.3) is 0 Å². The first kappa shape index (κ1) is 18.4. The van der Waals surface area contributed by atoms with Crippen molar-refractivity contribution < 1.29 is 9.90 Å². The van der Waals surface area contributed by atoms with Gasteiger partial charge >= 0.3 is 5.97 Å². The highest BCUT2D eigenvalue weighted by Gasteiger charge is 2.27. The minimum Gasteiger partial charge on any atom is -0.478 e. The fourth-order valence-corrected chi connectivity index (χ4v) is 4.51. The Hall–Kier alpha value is -1.43. The molecule has 0 spiro atoms. The van der Waals surface area contributed by atoms with Gasteiger partial charge in [0.2, 0.25) is 0 Å². The average Bonchev–Trinajstić information content (AvgIpc) is 2.79. The molecule has 0 saturated carbocycles. The zero-order valence-electron chi connectivity index (χ0n) is 13.7. The zero-order valence-corrected chi connectivity index (χ0v) is 16.0. The fraction of sp³-hybridized carbons (Fsp3) is 0.333. The Morgan fingerprint density at radius 2 is 2.20 bits per heavy atom. The van der Waals surface area contributed by atoms with Crippen LogP contribution in [0, 0.1) is 5.92 Å². The van der Waals surface area contributed by atoms with Gasteiger partial charge in [-0.05, 0) is 41.9 Å². The Labute approximate surface area is 161 Å². The van der Waals surface area contributed by atoms with E-state index in [0.717, 1.165) is 24.1 Å². The van der Waals surface area contributed by atoms with Crippen molar-refractivity contribution in [1.29, 1.82) is 0 Å². The minimum absolute atomic E-state index is 0.190. The van der Waals surface area contributed by atoms with E-state index in [-0.39, 0.29) is 16.9 Å². The number of aliphatic carboxylic acids is 1. The van der Waals surface area contributed by atoms with Gasteiger partial charge in [0.05, 0.1) is 26.7 Å². The van der Waals surface area contributed by atoms with Crippen molar-refractivity contribution in [2.24, 2.45) is 10.9 Å². The number of carboxylic acids is 1. The number of rotatable bonds is 4. The van der Waals surface area contributed by atoms with E-state index < -0.39 is 5.97 Å². The predicted octanol–water partition coefficient (Wildman–Crippen LogP) is 4.79. The van der Waals surface area contributed by atoms with Crippen molar-refractivity contribution in [2.75, 3.05) is 13.6 Å². The van der Waals surface area contributed by atoms with E-state index >= 15 is 0 Å². The summed E-state index contributed by atoms with van der Waals surface area (Å²) in [6.07, 6.45) is 5.03. The minimum atomic E-state index is -0.919. The highest BCUT2D eigenvalue weighted by atomic mass is 35.5. The molecule has 0 aromatic heterocycles. The van der Waals surface area contributed by atoms with E-state index in [4.69, 9.17) is 23.2 Å². The second-order valence-electron chi connectivity index (χ2n) is 6.08. The molecule has 1 aromatic rings. The summed E-state index contributed by atoms with van der Waals surface area (Å²) in [6.45, 7) is 0.659. The number of carbonyl (C=O) groups is 1. The third-order valence-electron chi connectivity index (χ3n) is 4.39. The number of allylic oxidation sites excluding steroid dienone is 1. The van der Waals surface area contributed by atoms with Gasteiger partial charge in [0.15, 0.2) is 0 Å². The average molecular weight is 397 g/mol. The van der Waals surface area contributed by atoms with Crippen molar-refractivity contribution in [2.45, 2.75) is 18.2 Å². The summed E-state index contributed by atoms with van der Waals surface area (Å²) in [5.74, 6) is -0.729.